The molecule has 0 saturated carbocycles. The normalized spacial score (nSPS) is 30.8. The summed E-state index contributed by atoms with van der Waals surface area (Å²) in [6, 6.07) is 5.25. The molecule has 2 saturated heterocycles. The summed E-state index contributed by atoms with van der Waals surface area (Å²) in [5, 5.41) is 11.2. The molecule has 1 spiro atoms. The fourth-order valence-electron chi connectivity index (χ4n) is 3.60. The van der Waals surface area contributed by atoms with Crippen LogP contribution in [-0.4, -0.2) is 43.9 Å². The highest BCUT2D eigenvalue weighted by Crippen LogP contribution is 2.32. The van der Waals surface area contributed by atoms with E-state index in [1.165, 1.54) is 6.42 Å². The Kier molecular flexibility index (Phi) is 3.50. The first-order valence-electron chi connectivity index (χ1n) is 8.03. The van der Waals surface area contributed by atoms with Gasteiger partial charge in [0, 0.05) is 28.0 Å². The maximum absolute atomic E-state index is 12.9. The van der Waals surface area contributed by atoms with Crippen molar-refractivity contribution in [1.82, 2.24) is 15.5 Å². The zero-order valence-corrected chi connectivity index (χ0v) is 13.7. The van der Waals surface area contributed by atoms with Gasteiger partial charge in [0.2, 0.25) is 0 Å². The number of H-pyrrole nitrogens is 1. The highest BCUT2D eigenvalue weighted by atomic mass is 32.2. The molecule has 2 aliphatic heterocycles. The van der Waals surface area contributed by atoms with Crippen molar-refractivity contribution in [2.75, 3.05) is 18.1 Å². The van der Waals surface area contributed by atoms with Gasteiger partial charge in [0.15, 0.2) is 0 Å². The molecule has 1 amide bonds. The number of hydrogen-bond acceptors (Lipinski definition) is 4. The van der Waals surface area contributed by atoms with Gasteiger partial charge in [-0.15, -0.1) is 0 Å². The molecule has 6 nitrogen and oxygen atoms in total. The number of fused-ring (bicyclic) bond motifs is 1. The number of aromatic amines is 1. The lowest BCUT2D eigenvalue weighted by Gasteiger charge is -2.34. The number of benzene rings is 1. The van der Waals surface area contributed by atoms with Gasteiger partial charge in [0.1, 0.15) is 0 Å². The number of aromatic nitrogens is 2. The molecule has 23 heavy (non-hydrogen) atoms. The van der Waals surface area contributed by atoms with Crippen molar-refractivity contribution in [1.29, 1.82) is 0 Å². The summed E-state index contributed by atoms with van der Waals surface area (Å²) in [5.74, 6) is 0.646. The smallest absolute Gasteiger partial charge is 0.285 e. The number of nitrogens with zero attached hydrogens (tertiary/aromatic N) is 2. The van der Waals surface area contributed by atoms with Crippen molar-refractivity contribution in [2.24, 2.45) is 4.36 Å². The standard InChI is InChI=1S/C16H20N4O2S/c21-15(12-2-3-14-13(10-12)11-18-19-14)20-23(22)8-5-16(6-9-23)4-1-7-17-16/h2-3,10-11,17H,1,4-9H2,(H,18,19). The van der Waals surface area contributed by atoms with Gasteiger partial charge in [0.25, 0.3) is 5.91 Å². The summed E-state index contributed by atoms with van der Waals surface area (Å²) in [6.07, 6.45) is 5.70. The molecule has 0 aliphatic carbocycles. The van der Waals surface area contributed by atoms with E-state index >= 15 is 0 Å². The second kappa shape index (κ2) is 5.42. The Morgan fingerprint density at radius 3 is 2.83 bits per heavy atom. The maximum atomic E-state index is 12.9. The molecule has 2 N–H and O–H groups in total. The van der Waals surface area contributed by atoms with Crippen molar-refractivity contribution >= 4 is 26.5 Å². The van der Waals surface area contributed by atoms with E-state index < -0.39 is 9.73 Å². The molecule has 122 valence electrons. The zero-order chi connectivity index (χ0) is 15.9. The largest absolute Gasteiger partial charge is 0.311 e. The fourth-order valence-corrected chi connectivity index (χ4v) is 5.82. The third kappa shape index (κ3) is 2.79. The molecular weight excluding hydrogens is 312 g/mol. The van der Waals surface area contributed by atoms with E-state index in [1.807, 2.05) is 0 Å². The van der Waals surface area contributed by atoms with Crippen molar-refractivity contribution in [2.45, 2.75) is 31.2 Å². The van der Waals surface area contributed by atoms with E-state index in [0.717, 1.165) is 36.7 Å². The van der Waals surface area contributed by atoms with Gasteiger partial charge < -0.3 is 5.32 Å². The van der Waals surface area contributed by atoms with Crippen LogP contribution in [0.1, 0.15) is 36.0 Å². The minimum absolute atomic E-state index is 0.148. The summed E-state index contributed by atoms with van der Waals surface area (Å²) >= 11 is 0. The third-order valence-corrected chi connectivity index (χ3v) is 7.25. The SMILES string of the molecule is O=C(N=S1(=O)CCC2(CCCN2)CC1)c1ccc2[nH]ncc2c1. The highest BCUT2D eigenvalue weighted by Gasteiger charge is 2.38. The van der Waals surface area contributed by atoms with Crippen LogP contribution in [0.15, 0.2) is 28.8 Å². The molecule has 0 bridgehead atoms. The summed E-state index contributed by atoms with van der Waals surface area (Å²) in [5.41, 5.74) is 1.49. The lowest BCUT2D eigenvalue weighted by molar-refractivity contribution is 0.100. The summed E-state index contributed by atoms with van der Waals surface area (Å²) in [6.45, 7) is 1.04. The van der Waals surface area contributed by atoms with Gasteiger partial charge in [-0.1, -0.05) is 0 Å². The summed E-state index contributed by atoms with van der Waals surface area (Å²) in [7, 11) is -2.43. The highest BCUT2D eigenvalue weighted by molar-refractivity contribution is 7.93. The van der Waals surface area contributed by atoms with Gasteiger partial charge in [-0.05, 0) is 50.4 Å². The Hall–Kier alpha value is -1.73. The first-order valence-corrected chi connectivity index (χ1v) is 9.88. The molecule has 2 aromatic rings. The fraction of sp³-hybridized carbons (Fsp3) is 0.500. The van der Waals surface area contributed by atoms with Crippen LogP contribution < -0.4 is 5.32 Å². The van der Waals surface area contributed by atoms with Gasteiger partial charge in [-0.2, -0.15) is 9.46 Å². The monoisotopic (exact) mass is 332 g/mol. The predicted octanol–water partition coefficient (Wildman–Crippen LogP) is 2.09. The average molecular weight is 332 g/mol. The maximum Gasteiger partial charge on any atom is 0.285 e. The van der Waals surface area contributed by atoms with Crippen LogP contribution in [0.2, 0.25) is 0 Å². The molecule has 0 atom stereocenters. The lowest BCUT2D eigenvalue weighted by atomic mass is 9.91. The molecule has 1 aromatic carbocycles. The van der Waals surface area contributed by atoms with Crippen molar-refractivity contribution in [3.8, 4) is 0 Å². The van der Waals surface area contributed by atoms with E-state index in [1.54, 1.807) is 24.4 Å². The Morgan fingerprint density at radius 2 is 2.09 bits per heavy atom. The van der Waals surface area contributed by atoms with Crippen molar-refractivity contribution in [3.63, 3.8) is 0 Å². The van der Waals surface area contributed by atoms with Gasteiger partial charge in [0.05, 0.1) is 21.4 Å². The van der Waals surface area contributed by atoms with Crippen LogP contribution in [0.4, 0.5) is 0 Å². The average Bonchev–Trinajstić information content (AvgIpc) is 3.20. The van der Waals surface area contributed by atoms with Crippen molar-refractivity contribution in [3.05, 3.63) is 30.0 Å². The third-order valence-electron chi connectivity index (χ3n) is 5.07. The quantitative estimate of drug-likeness (QED) is 0.837. The molecule has 0 radical (unpaired) electrons. The minimum Gasteiger partial charge on any atom is -0.311 e. The van der Waals surface area contributed by atoms with Crippen LogP contribution in [0.25, 0.3) is 10.9 Å². The molecule has 4 rings (SSSR count). The predicted molar refractivity (Wildman–Crippen MR) is 89.9 cm³/mol. The van der Waals surface area contributed by atoms with Crippen LogP contribution in [-0.2, 0) is 9.73 Å². The number of amides is 1. The summed E-state index contributed by atoms with van der Waals surface area (Å²) in [4.78, 5) is 12.4. The van der Waals surface area contributed by atoms with Crippen LogP contribution in [0.5, 0.6) is 0 Å². The molecule has 0 unspecified atom stereocenters. The Morgan fingerprint density at radius 1 is 1.26 bits per heavy atom. The van der Waals surface area contributed by atoms with E-state index in [-0.39, 0.29) is 11.4 Å². The van der Waals surface area contributed by atoms with Crippen LogP contribution >= 0.6 is 0 Å². The Balaban J connectivity index is 1.56. The van der Waals surface area contributed by atoms with Gasteiger partial charge in [-0.3, -0.25) is 9.89 Å². The molecule has 3 heterocycles. The van der Waals surface area contributed by atoms with Crippen molar-refractivity contribution < 1.29 is 9.00 Å². The van der Waals surface area contributed by atoms with Crippen LogP contribution in [0, 0.1) is 0 Å². The number of hydrogen-bond donors (Lipinski definition) is 2. The molecule has 2 aliphatic rings. The molecular formula is C16H20N4O2S. The Labute approximate surface area is 135 Å². The lowest BCUT2D eigenvalue weighted by Crippen LogP contribution is -2.46. The van der Waals surface area contributed by atoms with E-state index in [0.29, 0.717) is 17.1 Å². The topological polar surface area (TPSA) is 87.2 Å². The molecule has 2 fully saturated rings. The number of rotatable bonds is 1. The first kappa shape index (κ1) is 14.8. The molecule has 7 heteroatoms. The van der Waals surface area contributed by atoms with E-state index in [4.69, 9.17) is 0 Å². The zero-order valence-electron chi connectivity index (χ0n) is 12.9. The van der Waals surface area contributed by atoms with E-state index in [2.05, 4.69) is 19.9 Å². The van der Waals surface area contributed by atoms with Crippen LogP contribution in [0.3, 0.4) is 0 Å². The Bertz CT molecular complexity index is 857. The second-order valence-electron chi connectivity index (χ2n) is 6.56. The molecule has 1 aromatic heterocycles. The number of nitrogens with one attached hydrogen (secondary N) is 2. The van der Waals surface area contributed by atoms with E-state index in [9.17, 15) is 9.00 Å². The number of carbonyl (C=O) groups is 1. The minimum atomic E-state index is -2.43. The van der Waals surface area contributed by atoms with Gasteiger partial charge in [-0.25, -0.2) is 4.21 Å². The van der Waals surface area contributed by atoms with Gasteiger partial charge >= 0.3 is 0 Å². The second-order valence-corrected chi connectivity index (χ2v) is 9.10. The summed E-state index contributed by atoms with van der Waals surface area (Å²) < 4.78 is 17.0. The first-order chi connectivity index (χ1) is 11.1. The number of carbonyl (C=O) groups excluding carboxylic acids is 1.